The lowest BCUT2D eigenvalue weighted by Crippen LogP contribution is -2.47. The highest BCUT2D eigenvalue weighted by Crippen LogP contribution is 2.30. The number of carbonyl (C=O) groups excluding carboxylic acids is 1. The van der Waals surface area contributed by atoms with Crippen LogP contribution in [0.15, 0.2) is 47.4 Å². The number of nitrogens with zero attached hydrogens (tertiary/aromatic N) is 1. The van der Waals surface area contributed by atoms with E-state index in [2.05, 4.69) is 0 Å². The highest BCUT2D eigenvalue weighted by Gasteiger charge is 2.34. The van der Waals surface area contributed by atoms with Crippen LogP contribution in [0.25, 0.3) is 0 Å². The maximum Gasteiger partial charge on any atom is 0.336 e. The lowest BCUT2D eigenvalue weighted by Gasteiger charge is -2.29. The second-order valence-electron chi connectivity index (χ2n) is 4.66. The van der Waals surface area contributed by atoms with Gasteiger partial charge in [-0.3, -0.25) is 4.90 Å². The van der Waals surface area contributed by atoms with Crippen LogP contribution >= 0.6 is 0 Å². The van der Waals surface area contributed by atoms with Gasteiger partial charge in [-0.2, -0.15) is 0 Å². The van der Waals surface area contributed by atoms with Gasteiger partial charge in [0.1, 0.15) is 16.5 Å². The number of carbonyl (C=O) groups is 1. The zero-order valence-electron chi connectivity index (χ0n) is 11.1. The Morgan fingerprint density at radius 2 is 1.64 bits per heavy atom. The van der Waals surface area contributed by atoms with Crippen LogP contribution in [0.1, 0.15) is 5.56 Å². The summed E-state index contributed by atoms with van der Waals surface area (Å²) in [6.45, 7) is -0.420. The van der Waals surface area contributed by atoms with E-state index in [1.54, 1.807) is 0 Å². The number of para-hydroxylation sites is 1. The number of hydrogen-bond donors (Lipinski definition) is 1. The van der Waals surface area contributed by atoms with E-state index in [0.717, 1.165) is 17.0 Å². The second-order valence-corrected chi connectivity index (χ2v) is 6.32. The molecule has 3 rings (SSSR count). The Morgan fingerprint density at radius 1 is 1.00 bits per heavy atom. The van der Waals surface area contributed by atoms with Gasteiger partial charge in [-0.15, -0.1) is 0 Å². The number of halogens is 2. The molecule has 2 aromatic carbocycles. The van der Waals surface area contributed by atoms with Crippen molar-refractivity contribution in [1.29, 1.82) is 0 Å². The number of nitrogens with one attached hydrogen (secondary N) is 1. The Bertz CT molecular complexity index is 848. The Labute approximate surface area is 125 Å². The van der Waals surface area contributed by atoms with E-state index >= 15 is 0 Å². The van der Waals surface area contributed by atoms with Gasteiger partial charge in [0.15, 0.2) is 0 Å². The minimum Gasteiger partial charge on any atom is -0.288 e. The molecular formula is C14H10F2N2O3S. The molecule has 0 spiro atoms. The molecule has 0 radical (unpaired) electrons. The van der Waals surface area contributed by atoms with Gasteiger partial charge in [-0.25, -0.2) is 26.7 Å². The normalized spacial score (nSPS) is 16.1. The van der Waals surface area contributed by atoms with Gasteiger partial charge >= 0.3 is 6.03 Å². The number of anilines is 1. The Kier molecular flexibility index (Phi) is 3.32. The first kappa shape index (κ1) is 14.5. The van der Waals surface area contributed by atoms with Crippen LogP contribution in [-0.2, 0) is 16.6 Å². The second kappa shape index (κ2) is 5.06. The van der Waals surface area contributed by atoms with E-state index in [0.29, 0.717) is 0 Å². The van der Waals surface area contributed by atoms with E-state index in [-0.39, 0.29) is 16.1 Å². The SMILES string of the molecule is O=C1NS(=O)(=O)c2ccccc2N1Cc1c(F)cccc1F. The van der Waals surface area contributed by atoms with E-state index in [4.69, 9.17) is 0 Å². The summed E-state index contributed by atoms with van der Waals surface area (Å²) < 4.78 is 53.1. The van der Waals surface area contributed by atoms with E-state index < -0.39 is 34.2 Å². The van der Waals surface area contributed by atoms with Crippen LogP contribution < -0.4 is 9.62 Å². The van der Waals surface area contributed by atoms with Gasteiger partial charge in [0, 0.05) is 5.56 Å². The molecule has 22 heavy (non-hydrogen) atoms. The van der Waals surface area contributed by atoms with E-state index in [1.165, 1.54) is 30.3 Å². The van der Waals surface area contributed by atoms with Crippen LogP contribution in [0.4, 0.5) is 19.3 Å². The quantitative estimate of drug-likeness (QED) is 0.922. The van der Waals surface area contributed by atoms with Crippen molar-refractivity contribution < 1.29 is 22.0 Å². The molecule has 0 bridgehead atoms. The third-order valence-electron chi connectivity index (χ3n) is 3.29. The molecule has 2 amide bonds. The monoisotopic (exact) mass is 324 g/mol. The third kappa shape index (κ3) is 2.31. The average molecular weight is 324 g/mol. The number of urea groups is 1. The summed E-state index contributed by atoms with van der Waals surface area (Å²) in [5.74, 6) is -1.61. The Balaban J connectivity index is 2.10. The fraction of sp³-hybridized carbons (Fsp3) is 0.0714. The standard InChI is InChI=1S/C14H10F2N2O3S/c15-10-4-3-5-11(16)9(10)8-18-12-6-1-2-7-13(12)22(20,21)17-14(18)19/h1-7H,8H2,(H,17,19). The zero-order chi connectivity index (χ0) is 15.9. The summed E-state index contributed by atoms with van der Waals surface area (Å²) in [4.78, 5) is 12.9. The van der Waals surface area contributed by atoms with Crippen molar-refractivity contribution >= 4 is 21.7 Å². The fourth-order valence-corrected chi connectivity index (χ4v) is 3.40. The first-order chi connectivity index (χ1) is 10.4. The maximum absolute atomic E-state index is 13.7. The predicted octanol–water partition coefficient (Wildman–Crippen LogP) is 2.38. The highest BCUT2D eigenvalue weighted by atomic mass is 32.2. The maximum atomic E-state index is 13.7. The first-order valence-electron chi connectivity index (χ1n) is 6.26. The summed E-state index contributed by atoms with van der Waals surface area (Å²) in [5, 5.41) is 0. The van der Waals surface area contributed by atoms with E-state index in [1.807, 2.05) is 4.72 Å². The lowest BCUT2D eigenvalue weighted by atomic mass is 10.1. The smallest absolute Gasteiger partial charge is 0.288 e. The number of amides is 2. The number of benzene rings is 2. The van der Waals surface area contributed by atoms with Crippen molar-refractivity contribution in [3.05, 3.63) is 59.7 Å². The summed E-state index contributed by atoms with van der Waals surface area (Å²) >= 11 is 0. The van der Waals surface area contributed by atoms with E-state index in [9.17, 15) is 22.0 Å². The van der Waals surface area contributed by atoms with Gasteiger partial charge in [-0.1, -0.05) is 18.2 Å². The van der Waals surface area contributed by atoms with Gasteiger partial charge in [0.05, 0.1) is 12.2 Å². The van der Waals surface area contributed by atoms with Crippen LogP contribution in [0, 0.1) is 11.6 Å². The van der Waals surface area contributed by atoms with Crippen LogP contribution in [0.3, 0.4) is 0 Å². The molecule has 8 heteroatoms. The largest absolute Gasteiger partial charge is 0.336 e. The summed E-state index contributed by atoms with van der Waals surface area (Å²) in [7, 11) is -3.97. The number of rotatable bonds is 2. The summed E-state index contributed by atoms with van der Waals surface area (Å²) in [6, 6.07) is 8.16. The molecule has 0 aromatic heterocycles. The molecule has 0 atom stereocenters. The zero-order valence-corrected chi connectivity index (χ0v) is 11.9. The Hall–Kier alpha value is -2.48. The molecule has 0 unspecified atom stereocenters. The molecular weight excluding hydrogens is 314 g/mol. The van der Waals surface area contributed by atoms with Gasteiger partial charge in [-0.05, 0) is 24.3 Å². The highest BCUT2D eigenvalue weighted by molar-refractivity contribution is 7.90. The molecule has 1 aliphatic heterocycles. The summed E-state index contributed by atoms with van der Waals surface area (Å²) in [5.41, 5.74) is -0.236. The summed E-state index contributed by atoms with van der Waals surface area (Å²) in [6.07, 6.45) is 0. The van der Waals surface area contributed by atoms with Crippen LogP contribution in [0.5, 0.6) is 0 Å². The average Bonchev–Trinajstić information content (AvgIpc) is 2.45. The lowest BCUT2D eigenvalue weighted by molar-refractivity contribution is 0.250. The molecule has 1 N–H and O–H groups in total. The molecule has 0 aliphatic carbocycles. The Morgan fingerprint density at radius 3 is 2.32 bits per heavy atom. The molecule has 5 nitrogen and oxygen atoms in total. The van der Waals surface area contributed by atoms with Gasteiger partial charge in [0.25, 0.3) is 10.0 Å². The number of fused-ring (bicyclic) bond motifs is 1. The molecule has 0 saturated heterocycles. The molecule has 1 heterocycles. The first-order valence-corrected chi connectivity index (χ1v) is 7.75. The van der Waals surface area contributed by atoms with Crippen molar-refractivity contribution in [2.24, 2.45) is 0 Å². The minimum atomic E-state index is -3.97. The third-order valence-corrected chi connectivity index (χ3v) is 4.66. The van der Waals surface area contributed by atoms with Gasteiger partial charge < -0.3 is 0 Å². The van der Waals surface area contributed by atoms with Crippen LogP contribution in [-0.4, -0.2) is 14.4 Å². The topological polar surface area (TPSA) is 66.5 Å². The van der Waals surface area contributed by atoms with Crippen molar-refractivity contribution in [3.63, 3.8) is 0 Å². The number of sulfonamides is 1. The molecule has 1 aliphatic rings. The minimum absolute atomic E-state index is 0.0777. The van der Waals surface area contributed by atoms with Crippen molar-refractivity contribution in [2.45, 2.75) is 11.4 Å². The molecule has 0 fully saturated rings. The van der Waals surface area contributed by atoms with Crippen molar-refractivity contribution in [3.8, 4) is 0 Å². The molecule has 0 saturated carbocycles. The van der Waals surface area contributed by atoms with Crippen molar-refractivity contribution in [1.82, 2.24) is 4.72 Å². The van der Waals surface area contributed by atoms with Gasteiger partial charge in [0.2, 0.25) is 0 Å². The number of hydrogen-bond acceptors (Lipinski definition) is 3. The fourth-order valence-electron chi connectivity index (χ4n) is 2.24. The molecule has 2 aromatic rings. The van der Waals surface area contributed by atoms with Crippen LogP contribution in [0.2, 0.25) is 0 Å². The van der Waals surface area contributed by atoms with Crippen molar-refractivity contribution in [2.75, 3.05) is 4.90 Å². The predicted molar refractivity (Wildman–Crippen MR) is 74.7 cm³/mol. The molecule has 114 valence electrons.